The van der Waals surface area contributed by atoms with Crippen LogP contribution < -0.4 is 0 Å². The lowest BCUT2D eigenvalue weighted by molar-refractivity contribution is -0.209. The number of hydroxylamine groups is 2. The fourth-order valence-electron chi connectivity index (χ4n) is 2.00. The van der Waals surface area contributed by atoms with Crippen molar-refractivity contribution in [2.75, 3.05) is 65.8 Å². The molecule has 0 aromatic carbocycles. The van der Waals surface area contributed by atoms with Crippen LogP contribution in [0.1, 0.15) is 0 Å². The number of hydrogen-bond donors (Lipinski definition) is 1. The fourth-order valence-corrected chi connectivity index (χ4v) is 2.00. The standard InChI is InChI=1S/C11H22N2O4/c14-11(9-12-1-5-15-6-2-12)10-17-13-3-7-16-8-4-13/h11,14H,1-10H2. The van der Waals surface area contributed by atoms with Crippen LogP contribution in [0.2, 0.25) is 0 Å². The van der Waals surface area contributed by atoms with Gasteiger partial charge in [0.25, 0.3) is 0 Å². The maximum absolute atomic E-state index is 9.87. The van der Waals surface area contributed by atoms with E-state index in [4.69, 9.17) is 14.3 Å². The van der Waals surface area contributed by atoms with E-state index in [9.17, 15) is 5.11 Å². The minimum Gasteiger partial charge on any atom is -0.389 e. The molecule has 2 heterocycles. The van der Waals surface area contributed by atoms with Gasteiger partial charge in [-0.1, -0.05) is 0 Å². The zero-order valence-corrected chi connectivity index (χ0v) is 10.2. The highest BCUT2D eigenvalue weighted by Gasteiger charge is 2.17. The number of aliphatic hydroxyl groups is 1. The topological polar surface area (TPSA) is 54.4 Å². The predicted molar refractivity (Wildman–Crippen MR) is 61.6 cm³/mol. The summed E-state index contributed by atoms with van der Waals surface area (Å²) < 4.78 is 10.5. The first-order valence-corrected chi connectivity index (χ1v) is 6.28. The van der Waals surface area contributed by atoms with Crippen molar-refractivity contribution < 1.29 is 19.4 Å². The average molecular weight is 246 g/mol. The number of rotatable bonds is 5. The zero-order chi connectivity index (χ0) is 11.9. The summed E-state index contributed by atoms with van der Waals surface area (Å²) in [5, 5.41) is 11.7. The quantitative estimate of drug-likeness (QED) is 0.667. The summed E-state index contributed by atoms with van der Waals surface area (Å²) in [5.74, 6) is 0. The lowest BCUT2D eigenvalue weighted by Crippen LogP contribution is -2.44. The van der Waals surface area contributed by atoms with Crippen molar-refractivity contribution in [3.63, 3.8) is 0 Å². The molecule has 17 heavy (non-hydrogen) atoms. The van der Waals surface area contributed by atoms with Gasteiger partial charge in [-0.25, -0.2) is 0 Å². The number of nitrogens with zero attached hydrogens (tertiary/aromatic N) is 2. The number of ether oxygens (including phenoxy) is 2. The molecule has 100 valence electrons. The van der Waals surface area contributed by atoms with Gasteiger partial charge in [0.05, 0.1) is 39.1 Å². The van der Waals surface area contributed by atoms with E-state index in [1.54, 1.807) is 0 Å². The van der Waals surface area contributed by atoms with E-state index in [1.807, 2.05) is 5.06 Å². The summed E-state index contributed by atoms with van der Waals surface area (Å²) in [5.41, 5.74) is 0. The van der Waals surface area contributed by atoms with E-state index < -0.39 is 6.10 Å². The van der Waals surface area contributed by atoms with E-state index in [2.05, 4.69) is 4.90 Å². The Morgan fingerprint density at radius 2 is 1.59 bits per heavy atom. The van der Waals surface area contributed by atoms with Gasteiger partial charge in [0.15, 0.2) is 0 Å². The monoisotopic (exact) mass is 246 g/mol. The second kappa shape index (κ2) is 7.25. The molecule has 6 nitrogen and oxygen atoms in total. The van der Waals surface area contributed by atoms with Gasteiger partial charge in [0.1, 0.15) is 0 Å². The summed E-state index contributed by atoms with van der Waals surface area (Å²) in [6.07, 6.45) is -0.434. The molecule has 0 amide bonds. The van der Waals surface area contributed by atoms with Gasteiger partial charge in [-0.05, 0) is 0 Å². The van der Waals surface area contributed by atoms with E-state index in [0.717, 1.165) is 39.4 Å². The number of hydrogen-bond acceptors (Lipinski definition) is 6. The fraction of sp³-hybridized carbons (Fsp3) is 1.00. The molecule has 2 aliphatic rings. The molecule has 1 atom stereocenters. The van der Waals surface area contributed by atoms with Crippen LogP contribution in [0, 0.1) is 0 Å². The third-order valence-corrected chi connectivity index (χ3v) is 2.99. The lowest BCUT2D eigenvalue weighted by atomic mass is 10.3. The van der Waals surface area contributed by atoms with Crippen molar-refractivity contribution in [2.45, 2.75) is 6.10 Å². The van der Waals surface area contributed by atoms with Crippen LogP contribution >= 0.6 is 0 Å². The maximum Gasteiger partial charge on any atom is 0.0957 e. The van der Waals surface area contributed by atoms with E-state index in [1.165, 1.54) is 0 Å². The Labute approximate surface area is 102 Å². The van der Waals surface area contributed by atoms with Gasteiger partial charge in [0.2, 0.25) is 0 Å². The van der Waals surface area contributed by atoms with Crippen LogP contribution in [0.5, 0.6) is 0 Å². The Hall–Kier alpha value is -0.240. The van der Waals surface area contributed by atoms with Crippen LogP contribution in [-0.4, -0.2) is 86.9 Å². The van der Waals surface area contributed by atoms with Crippen molar-refractivity contribution in [1.29, 1.82) is 0 Å². The Morgan fingerprint density at radius 3 is 2.24 bits per heavy atom. The number of aliphatic hydroxyl groups excluding tert-OH is 1. The molecule has 0 aliphatic carbocycles. The highest BCUT2D eigenvalue weighted by Crippen LogP contribution is 2.02. The molecule has 2 saturated heterocycles. The van der Waals surface area contributed by atoms with Gasteiger partial charge in [-0.2, -0.15) is 5.06 Å². The van der Waals surface area contributed by atoms with E-state index in [-0.39, 0.29) is 0 Å². The summed E-state index contributed by atoms with van der Waals surface area (Å²) in [4.78, 5) is 7.74. The van der Waals surface area contributed by atoms with Crippen LogP contribution in [0.3, 0.4) is 0 Å². The summed E-state index contributed by atoms with van der Waals surface area (Å²) in [6.45, 7) is 7.32. The van der Waals surface area contributed by atoms with Gasteiger partial charge in [0, 0.05) is 32.7 Å². The van der Waals surface area contributed by atoms with E-state index in [0.29, 0.717) is 26.4 Å². The highest BCUT2D eigenvalue weighted by molar-refractivity contribution is 4.67. The molecule has 0 bridgehead atoms. The third kappa shape index (κ3) is 4.87. The number of β-amino-alcohol motifs (C(OH)–C–C–N with tert-alkyl or cyclic N) is 1. The third-order valence-electron chi connectivity index (χ3n) is 2.99. The molecule has 2 rings (SSSR count). The minimum absolute atomic E-state index is 0.358. The SMILES string of the molecule is OC(CON1CCOCC1)CN1CCOCC1. The van der Waals surface area contributed by atoms with Crippen LogP contribution in [0.4, 0.5) is 0 Å². The Morgan fingerprint density at radius 1 is 1.00 bits per heavy atom. The van der Waals surface area contributed by atoms with Gasteiger partial charge < -0.3 is 14.6 Å². The van der Waals surface area contributed by atoms with Crippen molar-refractivity contribution in [2.24, 2.45) is 0 Å². The molecule has 0 aromatic heterocycles. The van der Waals surface area contributed by atoms with Crippen molar-refractivity contribution in [1.82, 2.24) is 9.96 Å². The molecule has 6 heteroatoms. The molecule has 2 aliphatic heterocycles. The van der Waals surface area contributed by atoms with Crippen molar-refractivity contribution in [3.8, 4) is 0 Å². The first-order valence-electron chi connectivity index (χ1n) is 6.28. The average Bonchev–Trinajstić information content (AvgIpc) is 2.39. The largest absolute Gasteiger partial charge is 0.389 e. The molecule has 0 radical (unpaired) electrons. The summed E-state index contributed by atoms with van der Waals surface area (Å²) >= 11 is 0. The van der Waals surface area contributed by atoms with Gasteiger partial charge in [-0.15, -0.1) is 0 Å². The minimum atomic E-state index is -0.434. The zero-order valence-electron chi connectivity index (χ0n) is 10.2. The Balaban J connectivity index is 1.57. The van der Waals surface area contributed by atoms with Gasteiger partial charge in [-0.3, -0.25) is 9.74 Å². The first kappa shape index (κ1) is 13.2. The van der Waals surface area contributed by atoms with E-state index >= 15 is 0 Å². The predicted octanol–water partition coefficient (Wildman–Crippen LogP) is -1.06. The maximum atomic E-state index is 9.87. The molecule has 0 spiro atoms. The molecule has 0 saturated carbocycles. The van der Waals surface area contributed by atoms with Crippen LogP contribution in [-0.2, 0) is 14.3 Å². The second-order valence-electron chi connectivity index (χ2n) is 4.40. The number of morpholine rings is 2. The Bertz CT molecular complexity index is 206. The highest BCUT2D eigenvalue weighted by atomic mass is 16.7. The first-order chi connectivity index (χ1) is 8.34. The van der Waals surface area contributed by atoms with Gasteiger partial charge >= 0.3 is 0 Å². The molecule has 0 aromatic rings. The molecule has 1 unspecified atom stereocenters. The molecular weight excluding hydrogens is 224 g/mol. The molecule has 1 N–H and O–H groups in total. The second-order valence-corrected chi connectivity index (χ2v) is 4.40. The van der Waals surface area contributed by atoms with Crippen molar-refractivity contribution >= 4 is 0 Å². The van der Waals surface area contributed by atoms with Crippen molar-refractivity contribution in [3.05, 3.63) is 0 Å². The summed E-state index contributed by atoms with van der Waals surface area (Å²) in [7, 11) is 0. The summed E-state index contributed by atoms with van der Waals surface area (Å²) in [6, 6.07) is 0. The lowest BCUT2D eigenvalue weighted by Gasteiger charge is -2.30. The normalized spacial score (nSPS) is 25.9. The van der Waals surface area contributed by atoms with Crippen LogP contribution in [0.25, 0.3) is 0 Å². The smallest absolute Gasteiger partial charge is 0.0957 e. The molecule has 2 fully saturated rings. The Kier molecular flexibility index (Phi) is 5.63. The molecular formula is C11H22N2O4. The van der Waals surface area contributed by atoms with Crippen LogP contribution in [0.15, 0.2) is 0 Å².